The van der Waals surface area contributed by atoms with Gasteiger partial charge in [0.2, 0.25) is 5.91 Å². The van der Waals surface area contributed by atoms with Crippen LogP contribution in [0.1, 0.15) is 303 Å². The van der Waals surface area contributed by atoms with E-state index in [9.17, 15) is 19.8 Å². The Kier molecular flexibility index (Phi) is 56.1. The maximum atomic E-state index is 12.5. The first-order valence-corrected chi connectivity index (χ1v) is 30.1. The molecule has 1 amide bonds. The molecule has 2 unspecified atom stereocenters. The lowest BCUT2D eigenvalue weighted by Crippen LogP contribution is -2.45. The smallest absolute Gasteiger partial charge is 0.305 e. The van der Waals surface area contributed by atoms with Gasteiger partial charge in [0.1, 0.15) is 0 Å². The number of carbonyl (C=O) groups excluding carboxylic acids is 2. The van der Waals surface area contributed by atoms with Gasteiger partial charge < -0.3 is 20.3 Å². The third-order valence-corrected chi connectivity index (χ3v) is 13.5. The molecule has 0 rings (SSSR count). The van der Waals surface area contributed by atoms with E-state index in [1.165, 1.54) is 186 Å². The van der Waals surface area contributed by atoms with Crippen molar-refractivity contribution in [3.05, 3.63) is 60.8 Å². The van der Waals surface area contributed by atoms with Crippen LogP contribution in [0.3, 0.4) is 0 Å². The maximum Gasteiger partial charge on any atom is 0.305 e. The van der Waals surface area contributed by atoms with Gasteiger partial charge in [-0.3, -0.25) is 9.59 Å². The van der Waals surface area contributed by atoms with Crippen molar-refractivity contribution in [1.82, 2.24) is 5.32 Å². The van der Waals surface area contributed by atoms with Gasteiger partial charge in [-0.15, -0.1) is 0 Å². The first-order valence-electron chi connectivity index (χ1n) is 30.1. The normalized spacial score (nSPS) is 13.0. The summed E-state index contributed by atoms with van der Waals surface area (Å²) in [5.41, 5.74) is 0. The fraction of sp³-hybridized carbons (Fsp3) is 0.810. The van der Waals surface area contributed by atoms with Crippen LogP contribution in [0.2, 0.25) is 0 Å². The van der Waals surface area contributed by atoms with E-state index in [-0.39, 0.29) is 18.5 Å². The number of rotatable bonds is 55. The highest BCUT2D eigenvalue weighted by Gasteiger charge is 2.18. The van der Waals surface area contributed by atoms with Gasteiger partial charge in [-0.25, -0.2) is 0 Å². The van der Waals surface area contributed by atoms with E-state index in [1.807, 2.05) is 6.08 Å². The van der Waals surface area contributed by atoms with E-state index < -0.39 is 12.1 Å². The summed E-state index contributed by atoms with van der Waals surface area (Å²) >= 11 is 0. The quantitative estimate of drug-likeness (QED) is 0.0244. The zero-order chi connectivity index (χ0) is 50.0. The Bertz CT molecular complexity index is 1210. The SMILES string of the molecule is CCCCCC/C=C\C/C=C\CCCCCCCC(=O)OCCCCC/C=C\C=C/CCCCCCCCC(=O)NC(CO)C(O)/C=C/CCCCCCCCCCCCCCCCCCCCC. The summed E-state index contributed by atoms with van der Waals surface area (Å²) in [5, 5.41) is 23.2. The van der Waals surface area contributed by atoms with Gasteiger partial charge in [0, 0.05) is 12.8 Å². The molecule has 0 aliphatic heterocycles. The predicted octanol–water partition coefficient (Wildman–Crippen LogP) is 18.7. The zero-order valence-electron chi connectivity index (χ0n) is 45.8. The predicted molar refractivity (Wildman–Crippen MR) is 301 cm³/mol. The average Bonchev–Trinajstić information content (AvgIpc) is 3.35. The molecule has 0 aromatic rings. The minimum absolute atomic E-state index is 0.0367. The topological polar surface area (TPSA) is 95.9 Å². The lowest BCUT2D eigenvalue weighted by molar-refractivity contribution is -0.143. The number of nitrogens with one attached hydrogen (secondary N) is 1. The van der Waals surface area contributed by atoms with E-state index in [0.29, 0.717) is 19.4 Å². The number of allylic oxidation sites excluding steroid dienone is 9. The van der Waals surface area contributed by atoms with Crippen molar-refractivity contribution in [2.75, 3.05) is 13.2 Å². The second-order valence-electron chi connectivity index (χ2n) is 20.3. The van der Waals surface area contributed by atoms with Crippen LogP contribution in [0.5, 0.6) is 0 Å². The molecule has 402 valence electrons. The van der Waals surface area contributed by atoms with Crippen LogP contribution in [-0.2, 0) is 14.3 Å². The van der Waals surface area contributed by atoms with Crippen LogP contribution in [0.15, 0.2) is 60.8 Å². The molecule has 69 heavy (non-hydrogen) atoms. The summed E-state index contributed by atoms with van der Waals surface area (Å²) in [5.74, 6) is -0.127. The van der Waals surface area contributed by atoms with Crippen LogP contribution in [0, 0.1) is 0 Å². The molecule has 0 aromatic carbocycles. The number of amides is 1. The first kappa shape index (κ1) is 66.6. The van der Waals surface area contributed by atoms with Crippen LogP contribution in [0.4, 0.5) is 0 Å². The summed E-state index contributed by atoms with van der Waals surface area (Å²) in [6.07, 6.45) is 75.3. The molecule has 0 radical (unpaired) electrons. The average molecular weight is 967 g/mol. The molecule has 3 N–H and O–H groups in total. The van der Waals surface area contributed by atoms with E-state index in [0.717, 1.165) is 89.9 Å². The maximum absolute atomic E-state index is 12.5. The third-order valence-electron chi connectivity index (χ3n) is 13.5. The van der Waals surface area contributed by atoms with Gasteiger partial charge in [-0.2, -0.15) is 0 Å². The molecule has 0 fully saturated rings. The Hall–Kier alpha value is -2.44. The lowest BCUT2D eigenvalue weighted by atomic mass is 10.0. The molecule has 0 aromatic heterocycles. The van der Waals surface area contributed by atoms with Crippen molar-refractivity contribution in [3.8, 4) is 0 Å². The van der Waals surface area contributed by atoms with Gasteiger partial charge in [0.15, 0.2) is 0 Å². The summed E-state index contributed by atoms with van der Waals surface area (Å²) in [6.45, 7) is 4.83. The number of hydrogen-bond donors (Lipinski definition) is 3. The molecule has 6 nitrogen and oxygen atoms in total. The van der Waals surface area contributed by atoms with Gasteiger partial charge in [-0.05, 0) is 96.3 Å². The molecule has 0 saturated heterocycles. The number of unbranched alkanes of at least 4 members (excludes halogenated alkanes) is 37. The fourth-order valence-corrected chi connectivity index (χ4v) is 8.89. The monoisotopic (exact) mass is 966 g/mol. The Balaban J connectivity index is 3.56. The van der Waals surface area contributed by atoms with Crippen molar-refractivity contribution in [2.24, 2.45) is 0 Å². The Morgan fingerprint density at radius 3 is 1.20 bits per heavy atom. The van der Waals surface area contributed by atoms with Crippen LogP contribution >= 0.6 is 0 Å². The molecule has 0 heterocycles. The van der Waals surface area contributed by atoms with Gasteiger partial charge in [0.25, 0.3) is 0 Å². The Morgan fingerprint density at radius 2 is 0.768 bits per heavy atom. The summed E-state index contributed by atoms with van der Waals surface area (Å²) in [6, 6.07) is -0.647. The largest absolute Gasteiger partial charge is 0.466 e. The number of carbonyl (C=O) groups is 2. The molecule has 2 atom stereocenters. The van der Waals surface area contributed by atoms with E-state index in [2.05, 4.69) is 67.8 Å². The second-order valence-corrected chi connectivity index (χ2v) is 20.3. The third kappa shape index (κ3) is 54.7. The highest BCUT2D eigenvalue weighted by Crippen LogP contribution is 2.16. The molecule has 0 aliphatic carbocycles. The molecular weight excluding hydrogens is 851 g/mol. The van der Waals surface area contributed by atoms with Crippen LogP contribution in [0.25, 0.3) is 0 Å². The van der Waals surface area contributed by atoms with Crippen molar-refractivity contribution in [1.29, 1.82) is 0 Å². The van der Waals surface area contributed by atoms with Crippen molar-refractivity contribution < 1.29 is 24.5 Å². The Morgan fingerprint density at radius 1 is 0.420 bits per heavy atom. The minimum atomic E-state index is -0.862. The first-order chi connectivity index (χ1) is 34.0. The zero-order valence-corrected chi connectivity index (χ0v) is 45.8. The Labute approximate surface area is 428 Å². The van der Waals surface area contributed by atoms with Crippen molar-refractivity contribution in [3.63, 3.8) is 0 Å². The van der Waals surface area contributed by atoms with Crippen LogP contribution in [-0.4, -0.2) is 47.4 Å². The lowest BCUT2D eigenvalue weighted by Gasteiger charge is -2.20. The van der Waals surface area contributed by atoms with Crippen molar-refractivity contribution >= 4 is 11.9 Å². The molecule has 0 spiro atoms. The highest BCUT2D eigenvalue weighted by atomic mass is 16.5. The standard InChI is InChI=1S/C63H115NO5/c1-3-5-7-9-11-13-15-17-19-21-22-23-24-25-27-31-35-39-43-47-51-55-61(66)60(59-65)64-62(67)56-52-48-44-40-36-32-28-26-30-34-38-42-46-50-54-58-69-63(68)57-53-49-45-41-37-33-29-20-18-16-14-12-10-8-6-4-2/h14,16,20,26,29-30,34,38,51,55,60-61,65-66H,3-13,15,17-19,21-25,27-28,31-33,35-37,39-50,52-54,56-59H2,1-2H3,(H,64,67)/b16-14-,29-20-,30-26-,38-34-,55-51+. The molecule has 0 bridgehead atoms. The van der Waals surface area contributed by atoms with Crippen molar-refractivity contribution in [2.45, 2.75) is 315 Å². The number of ether oxygens (including phenoxy) is 1. The highest BCUT2D eigenvalue weighted by molar-refractivity contribution is 5.76. The minimum Gasteiger partial charge on any atom is -0.466 e. The number of aliphatic hydroxyl groups excluding tert-OH is 2. The number of aliphatic hydroxyl groups is 2. The second kappa shape index (κ2) is 58.1. The van der Waals surface area contributed by atoms with Crippen LogP contribution < -0.4 is 5.32 Å². The number of hydrogen-bond acceptors (Lipinski definition) is 5. The molecule has 0 saturated carbocycles. The van der Waals surface area contributed by atoms with E-state index in [1.54, 1.807) is 6.08 Å². The van der Waals surface area contributed by atoms with Gasteiger partial charge in [0.05, 0.1) is 25.4 Å². The molecule has 0 aliphatic rings. The molecular formula is C63H115NO5. The summed E-state index contributed by atoms with van der Waals surface area (Å²) in [4.78, 5) is 24.5. The summed E-state index contributed by atoms with van der Waals surface area (Å²) < 4.78 is 5.44. The fourth-order valence-electron chi connectivity index (χ4n) is 8.89. The van der Waals surface area contributed by atoms with E-state index >= 15 is 0 Å². The summed E-state index contributed by atoms with van der Waals surface area (Å²) in [7, 11) is 0. The molecule has 6 heteroatoms. The number of esters is 1. The van der Waals surface area contributed by atoms with Gasteiger partial charge in [-0.1, -0.05) is 254 Å². The van der Waals surface area contributed by atoms with E-state index in [4.69, 9.17) is 4.74 Å². The van der Waals surface area contributed by atoms with Gasteiger partial charge >= 0.3 is 5.97 Å².